The van der Waals surface area contributed by atoms with Crippen LogP contribution in [0.25, 0.3) is 10.9 Å². The van der Waals surface area contributed by atoms with Crippen LogP contribution in [-0.2, 0) is 12.8 Å². The van der Waals surface area contributed by atoms with Crippen LogP contribution in [0.15, 0.2) is 72.9 Å². The fourth-order valence-electron chi connectivity index (χ4n) is 5.98. The summed E-state index contributed by atoms with van der Waals surface area (Å²) in [6, 6.07) is 21.5. The molecule has 0 spiro atoms. The van der Waals surface area contributed by atoms with E-state index < -0.39 is 6.04 Å². The van der Waals surface area contributed by atoms with Crippen LogP contribution in [0.4, 0.5) is 0 Å². The van der Waals surface area contributed by atoms with Gasteiger partial charge >= 0.3 is 0 Å². The average molecular weight is 621 g/mol. The summed E-state index contributed by atoms with van der Waals surface area (Å²) < 4.78 is 5.98. The number of benzene rings is 3. The number of aliphatic hydroxyl groups excluding tert-OH is 1. The second-order valence-corrected chi connectivity index (χ2v) is 12.5. The summed E-state index contributed by atoms with van der Waals surface area (Å²) in [5.41, 5.74) is 5.48. The van der Waals surface area contributed by atoms with Crippen molar-refractivity contribution in [1.82, 2.24) is 20.5 Å². The fourth-order valence-corrected chi connectivity index (χ4v) is 5.98. The van der Waals surface area contributed by atoms with Gasteiger partial charge in [0, 0.05) is 54.4 Å². The molecule has 1 amide bonds. The normalized spacial score (nSPS) is 14.2. The zero-order valence-corrected chi connectivity index (χ0v) is 27.3. The molecular weight excluding hydrogens is 572 g/mol. The molecule has 242 valence electrons. The molecule has 0 unspecified atom stereocenters. The highest BCUT2D eigenvalue weighted by Crippen LogP contribution is 2.23. The molecule has 1 atom stereocenters. The minimum atomic E-state index is -0.454. The molecule has 1 aliphatic heterocycles. The van der Waals surface area contributed by atoms with Crippen molar-refractivity contribution in [3.05, 3.63) is 101 Å². The first-order chi connectivity index (χ1) is 22.5. The number of aliphatic hydroxyl groups is 1. The number of nitrogens with zero attached hydrogens (tertiary/aromatic N) is 1. The smallest absolute Gasteiger partial charge is 0.255 e. The maximum absolute atomic E-state index is 13.5. The Labute approximate surface area is 273 Å². The summed E-state index contributed by atoms with van der Waals surface area (Å²) in [5, 5.41) is 17.7. The number of H-pyrrole nitrogens is 1. The van der Waals surface area contributed by atoms with E-state index in [1.54, 1.807) is 12.1 Å². The first-order valence-electron chi connectivity index (χ1n) is 16.8. The molecule has 3 aromatic carbocycles. The van der Waals surface area contributed by atoms with E-state index in [2.05, 4.69) is 56.6 Å². The van der Waals surface area contributed by atoms with Gasteiger partial charge in [-0.25, -0.2) is 0 Å². The van der Waals surface area contributed by atoms with E-state index in [-0.39, 0.29) is 18.6 Å². The lowest BCUT2D eigenvalue weighted by Crippen LogP contribution is -2.43. The molecule has 1 aliphatic rings. The summed E-state index contributed by atoms with van der Waals surface area (Å²) >= 11 is 0. The van der Waals surface area contributed by atoms with Gasteiger partial charge < -0.3 is 30.4 Å². The Hall–Kier alpha value is -4.09. The topological polar surface area (TPSA) is 89.6 Å². The number of fused-ring (bicyclic) bond motifs is 1. The molecule has 46 heavy (non-hydrogen) atoms. The molecule has 5 rings (SSSR count). The number of unbranched alkanes of at least 4 members (excludes halogenated alkanes) is 3. The van der Waals surface area contributed by atoms with Gasteiger partial charge in [-0.3, -0.25) is 4.79 Å². The highest BCUT2D eigenvalue weighted by Gasteiger charge is 2.20. The number of ether oxygens (including phenoxy) is 1. The van der Waals surface area contributed by atoms with Crippen molar-refractivity contribution in [1.29, 1.82) is 0 Å². The van der Waals surface area contributed by atoms with Crippen molar-refractivity contribution in [2.75, 3.05) is 39.3 Å². The number of aromatic amines is 1. The minimum absolute atomic E-state index is 0.0980. The number of para-hydroxylation sites is 1. The van der Waals surface area contributed by atoms with Gasteiger partial charge in [-0.15, -0.1) is 0 Å². The number of hydrogen-bond acceptors (Lipinski definition) is 5. The van der Waals surface area contributed by atoms with Crippen LogP contribution in [0.2, 0.25) is 0 Å². The third-order valence-corrected chi connectivity index (χ3v) is 8.49. The van der Waals surface area contributed by atoms with Gasteiger partial charge in [0.1, 0.15) is 5.75 Å². The zero-order valence-electron chi connectivity index (χ0n) is 27.3. The number of rotatable bonds is 14. The van der Waals surface area contributed by atoms with E-state index in [4.69, 9.17) is 4.74 Å². The van der Waals surface area contributed by atoms with Gasteiger partial charge in [0.05, 0.1) is 24.3 Å². The van der Waals surface area contributed by atoms with Crippen molar-refractivity contribution in [3.8, 4) is 17.6 Å². The molecule has 1 aromatic heterocycles. The van der Waals surface area contributed by atoms with Crippen molar-refractivity contribution < 1.29 is 14.6 Å². The Bertz CT molecular complexity index is 1610. The number of amides is 1. The van der Waals surface area contributed by atoms with Gasteiger partial charge in [-0.05, 0) is 93.6 Å². The van der Waals surface area contributed by atoms with Crippen molar-refractivity contribution >= 4 is 16.8 Å². The second-order valence-electron chi connectivity index (χ2n) is 12.5. The molecule has 4 N–H and O–H groups in total. The number of hydrogen-bond donors (Lipinski definition) is 4. The Balaban J connectivity index is 1.17. The van der Waals surface area contributed by atoms with Gasteiger partial charge in [0.15, 0.2) is 0 Å². The monoisotopic (exact) mass is 620 g/mol. The summed E-state index contributed by atoms with van der Waals surface area (Å²) in [4.78, 5) is 19.4. The number of carbonyl (C=O) groups excluding carboxylic acids is 1. The molecule has 0 radical (unpaired) electrons. The Kier molecular flexibility index (Phi) is 12.3. The summed E-state index contributed by atoms with van der Waals surface area (Å²) in [6.45, 7) is 9.52. The SMILES string of the molecule is CC(C)Oc1ccc(C#Cc2ccc(CCCCCCN3CCNCC3)cc2)cc1C(=O)N[C@@H](CO)Cc1c[nH]c2ccccc12. The zero-order chi connectivity index (χ0) is 32.1. The summed E-state index contributed by atoms with van der Waals surface area (Å²) in [7, 11) is 0. The van der Waals surface area contributed by atoms with Crippen LogP contribution in [0.3, 0.4) is 0 Å². The lowest BCUT2D eigenvalue weighted by Gasteiger charge is -2.27. The maximum atomic E-state index is 13.5. The van der Waals surface area contributed by atoms with E-state index in [9.17, 15) is 9.90 Å². The number of piperazine rings is 1. The van der Waals surface area contributed by atoms with E-state index in [1.165, 1.54) is 50.9 Å². The third-order valence-electron chi connectivity index (χ3n) is 8.49. The summed E-state index contributed by atoms with van der Waals surface area (Å²) in [6.07, 6.45) is 8.48. The van der Waals surface area contributed by atoms with Gasteiger partial charge in [0.2, 0.25) is 0 Å². The van der Waals surface area contributed by atoms with Crippen LogP contribution >= 0.6 is 0 Å². The predicted octanol–water partition coefficient (Wildman–Crippen LogP) is 5.70. The molecule has 0 bridgehead atoms. The van der Waals surface area contributed by atoms with Crippen molar-refractivity contribution in [2.45, 2.75) is 64.5 Å². The van der Waals surface area contributed by atoms with Crippen LogP contribution in [0.5, 0.6) is 5.75 Å². The highest BCUT2D eigenvalue weighted by atomic mass is 16.5. The molecular formula is C39H48N4O3. The van der Waals surface area contributed by atoms with Crippen LogP contribution in [0, 0.1) is 11.8 Å². The Morgan fingerprint density at radius 2 is 1.70 bits per heavy atom. The van der Waals surface area contributed by atoms with Crippen LogP contribution < -0.4 is 15.4 Å². The van der Waals surface area contributed by atoms with E-state index in [0.717, 1.165) is 47.1 Å². The molecule has 7 nitrogen and oxygen atoms in total. The third kappa shape index (κ3) is 9.70. The van der Waals surface area contributed by atoms with E-state index >= 15 is 0 Å². The largest absolute Gasteiger partial charge is 0.490 e. The Morgan fingerprint density at radius 1 is 0.957 bits per heavy atom. The first kappa shape index (κ1) is 33.3. The first-order valence-corrected chi connectivity index (χ1v) is 16.8. The van der Waals surface area contributed by atoms with E-state index in [0.29, 0.717) is 17.7 Å². The maximum Gasteiger partial charge on any atom is 0.255 e. The van der Waals surface area contributed by atoms with Crippen LogP contribution in [-0.4, -0.2) is 72.4 Å². The Morgan fingerprint density at radius 3 is 2.48 bits per heavy atom. The molecule has 2 heterocycles. The lowest BCUT2D eigenvalue weighted by molar-refractivity contribution is 0.0910. The standard InChI is InChI=1S/C39H48N4O3/c1-29(2)46-38-19-18-32(25-36(38)39(45)42-34(28-44)26-33-27-41-37-11-7-6-10-35(33)37)17-16-31-14-12-30(13-15-31)9-5-3-4-8-22-43-23-20-40-21-24-43/h6-7,10-15,18-19,25,27,29,34,40-41,44H,3-5,8-9,20-24,26,28H2,1-2H3,(H,42,45)/t34-/m1/s1. The number of aromatic nitrogens is 1. The van der Waals surface area contributed by atoms with Crippen molar-refractivity contribution in [3.63, 3.8) is 0 Å². The predicted molar refractivity (Wildman–Crippen MR) is 186 cm³/mol. The van der Waals surface area contributed by atoms with Crippen LogP contribution in [0.1, 0.15) is 72.1 Å². The summed E-state index contributed by atoms with van der Waals surface area (Å²) in [5.74, 6) is 6.68. The second kappa shape index (κ2) is 17.0. The highest BCUT2D eigenvalue weighted by molar-refractivity contribution is 5.97. The number of carbonyl (C=O) groups is 1. The van der Waals surface area contributed by atoms with Gasteiger partial charge in [0.25, 0.3) is 5.91 Å². The minimum Gasteiger partial charge on any atom is -0.490 e. The van der Waals surface area contributed by atoms with E-state index in [1.807, 2.05) is 50.4 Å². The van der Waals surface area contributed by atoms with Gasteiger partial charge in [-0.2, -0.15) is 0 Å². The number of nitrogens with one attached hydrogen (secondary N) is 3. The quantitative estimate of drug-likeness (QED) is 0.107. The average Bonchev–Trinajstić information content (AvgIpc) is 3.48. The molecule has 1 saturated heterocycles. The molecule has 7 heteroatoms. The van der Waals surface area contributed by atoms with Crippen molar-refractivity contribution in [2.24, 2.45) is 0 Å². The fraction of sp³-hybridized carbons (Fsp3) is 0.410. The molecule has 1 fully saturated rings. The lowest BCUT2D eigenvalue weighted by atomic mass is 10.0. The molecule has 0 aliphatic carbocycles. The molecule has 0 saturated carbocycles. The number of aryl methyl sites for hydroxylation is 1. The molecule has 4 aromatic rings. The van der Waals surface area contributed by atoms with Gasteiger partial charge in [-0.1, -0.05) is 55.0 Å².